The fourth-order valence-corrected chi connectivity index (χ4v) is 5.08. The molecule has 0 unspecified atom stereocenters. The molecule has 1 saturated heterocycles. The van der Waals surface area contributed by atoms with Gasteiger partial charge in [-0.2, -0.15) is 0 Å². The molecular formula is C18H17NO3. The van der Waals surface area contributed by atoms with Gasteiger partial charge in [0.2, 0.25) is 11.8 Å². The van der Waals surface area contributed by atoms with Crippen molar-refractivity contribution >= 4 is 17.5 Å². The standard InChI is InChI=1S/C18H17NO3/c1-22-11-4-2-3-10(9-11)19-16(20)14-12-5-6-13(15(14)17(19)21)18(12)7-8-18/h2-6,9,12-15H,7-8H2,1H3/t12-,13+,14-,15+. The van der Waals surface area contributed by atoms with E-state index < -0.39 is 0 Å². The molecule has 3 aliphatic carbocycles. The van der Waals surface area contributed by atoms with Crippen molar-refractivity contribution in [3.8, 4) is 5.75 Å². The highest BCUT2D eigenvalue weighted by Gasteiger charge is 2.73. The predicted molar refractivity (Wildman–Crippen MR) is 80.3 cm³/mol. The Bertz CT molecular complexity index is 700. The fraction of sp³-hybridized carbons (Fsp3) is 0.444. The van der Waals surface area contributed by atoms with Crippen molar-refractivity contribution in [2.45, 2.75) is 12.8 Å². The van der Waals surface area contributed by atoms with Crippen molar-refractivity contribution in [3.63, 3.8) is 0 Å². The molecule has 1 heterocycles. The summed E-state index contributed by atoms with van der Waals surface area (Å²) in [6, 6.07) is 7.21. The zero-order chi connectivity index (χ0) is 15.1. The zero-order valence-electron chi connectivity index (χ0n) is 12.4. The SMILES string of the molecule is COc1cccc(N2C(=O)[C@@H]3[C@H](C2=O)[C@H]2C=C[C@@H]3C23CC3)c1. The Labute approximate surface area is 128 Å². The van der Waals surface area contributed by atoms with Gasteiger partial charge in [-0.15, -0.1) is 0 Å². The van der Waals surface area contributed by atoms with Crippen molar-refractivity contribution in [2.24, 2.45) is 29.1 Å². The highest BCUT2D eigenvalue weighted by molar-refractivity contribution is 6.23. The number of carbonyl (C=O) groups excluding carboxylic acids is 2. The molecule has 4 atom stereocenters. The second-order valence-corrected chi connectivity index (χ2v) is 6.93. The highest BCUT2D eigenvalue weighted by atomic mass is 16.5. The van der Waals surface area contributed by atoms with E-state index in [0.717, 1.165) is 0 Å². The molecule has 0 N–H and O–H groups in total. The first-order chi connectivity index (χ1) is 10.7. The summed E-state index contributed by atoms with van der Waals surface area (Å²) in [6.45, 7) is 0. The lowest BCUT2D eigenvalue weighted by molar-refractivity contribution is -0.123. The first-order valence-corrected chi connectivity index (χ1v) is 7.87. The summed E-state index contributed by atoms with van der Waals surface area (Å²) in [4.78, 5) is 27.3. The van der Waals surface area contributed by atoms with Crippen LogP contribution in [-0.4, -0.2) is 18.9 Å². The Morgan fingerprint density at radius 3 is 2.27 bits per heavy atom. The Morgan fingerprint density at radius 1 is 1.09 bits per heavy atom. The molecule has 112 valence electrons. The number of imide groups is 1. The number of allylic oxidation sites excluding steroid dienone is 2. The average molecular weight is 295 g/mol. The number of anilines is 1. The number of carbonyl (C=O) groups is 2. The third-order valence-corrected chi connectivity index (χ3v) is 6.16. The topological polar surface area (TPSA) is 46.6 Å². The Kier molecular flexibility index (Phi) is 2.15. The van der Waals surface area contributed by atoms with Gasteiger partial charge < -0.3 is 4.74 Å². The van der Waals surface area contributed by atoms with Crippen LogP contribution in [0.25, 0.3) is 0 Å². The van der Waals surface area contributed by atoms with E-state index >= 15 is 0 Å². The van der Waals surface area contributed by atoms with Gasteiger partial charge in [0, 0.05) is 6.07 Å². The summed E-state index contributed by atoms with van der Waals surface area (Å²) in [5, 5.41) is 0. The molecule has 2 saturated carbocycles. The molecule has 0 radical (unpaired) electrons. The number of fused-ring (bicyclic) bond motifs is 3. The van der Waals surface area contributed by atoms with Crippen molar-refractivity contribution in [1.29, 1.82) is 0 Å². The summed E-state index contributed by atoms with van der Waals surface area (Å²) in [6.07, 6.45) is 6.72. The van der Waals surface area contributed by atoms with Gasteiger partial charge >= 0.3 is 0 Å². The summed E-state index contributed by atoms with van der Waals surface area (Å²) < 4.78 is 5.21. The number of amides is 2. The van der Waals surface area contributed by atoms with E-state index in [-0.39, 0.29) is 40.9 Å². The highest BCUT2D eigenvalue weighted by Crippen LogP contribution is 2.73. The van der Waals surface area contributed by atoms with Crippen LogP contribution in [-0.2, 0) is 9.59 Å². The maximum atomic E-state index is 12.9. The second kappa shape index (κ2) is 3.80. The fourth-order valence-electron chi connectivity index (χ4n) is 5.08. The van der Waals surface area contributed by atoms with Crippen LogP contribution in [0.3, 0.4) is 0 Å². The molecular weight excluding hydrogens is 278 g/mol. The van der Waals surface area contributed by atoms with Gasteiger partial charge in [0.15, 0.2) is 0 Å². The molecule has 4 nitrogen and oxygen atoms in total. The minimum Gasteiger partial charge on any atom is -0.497 e. The number of nitrogens with zero attached hydrogens (tertiary/aromatic N) is 1. The molecule has 4 aliphatic rings. The number of ether oxygens (including phenoxy) is 1. The van der Waals surface area contributed by atoms with Crippen LogP contribution in [0, 0.1) is 29.1 Å². The lowest BCUT2D eigenvalue weighted by Crippen LogP contribution is -2.34. The van der Waals surface area contributed by atoms with Gasteiger partial charge in [0.25, 0.3) is 0 Å². The first-order valence-electron chi connectivity index (χ1n) is 7.87. The third-order valence-electron chi connectivity index (χ3n) is 6.16. The minimum absolute atomic E-state index is 0.0219. The van der Waals surface area contributed by atoms with Crippen LogP contribution in [0.5, 0.6) is 5.75 Å². The maximum absolute atomic E-state index is 12.9. The van der Waals surface area contributed by atoms with Crippen LogP contribution in [0.15, 0.2) is 36.4 Å². The van der Waals surface area contributed by atoms with Gasteiger partial charge in [-0.25, -0.2) is 4.90 Å². The zero-order valence-corrected chi connectivity index (χ0v) is 12.4. The van der Waals surface area contributed by atoms with Crippen LogP contribution in [0.2, 0.25) is 0 Å². The van der Waals surface area contributed by atoms with Gasteiger partial charge in [0.05, 0.1) is 24.6 Å². The molecule has 5 rings (SSSR count). The Morgan fingerprint density at radius 2 is 1.73 bits per heavy atom. The van der Waals surface area contributed by atoms with Crippen molar-refractivity contribution in [1.82, 2.24) is 0 Å². The number of hydrogen-bond acceptors (Lipinski definition) is 3. The van der Waals surface area contributed by atoms with Crippen molar-refractivity contribution in [2.75, 3.05) is 12.0 Å². The van der Waals surface area contributed by atoms with E-state index in [1.807, 2.05) is 18.2 Å². The summed E-state index contributed by atoms with van der Waals surface area (Å²) in [7, 11) is 1.59. The molecule has 1 aromatic rings. The summed E-state index contributed by atoms with van der Waals surface area (Å²) in [5.41, 5.74) is 0.884. The third kappa shape index (κ3) is 1.25. The van der Waals surface area contributed by atoms with Crippen molar-refractivity contribution in [3.05, 3.63) is 36.4 Å². The molecule has 0 aromatic heterocycles. The second-order valence-electron chi connectivity index (χ2n) is 6.93. The number of rotatable bonds is 2. The van der Waals surface area contributed by atoms with Crippen LogP contribution < -0.4 is 9.64 Å². The van der Waals surface area contributed by atoms with Gasteiger partial charge in [-0.1, -0.05) is 18.2 Å². The lowest BCUT2D eigenvalue weighted by atomic mass is 9.85. The molecule has 3 fully saturated rings. The normalized spacial score (nSPS) is 36.3. The van der Waals surface area contributed by atoms with E-state index in [2.05, 4.69) is 12.2 Å². The summed E-state index contributed by atoms with van der Waals surface area (Å²) >= 11 is 0. The molecule has 1 aromatic carbocycles. The largest absolute Gasteiger partial charge is 0.497 e. The number of benzene rings is 1. The van der Waals surface area contributed by atoms with Crippen LogP contribution >= 0.6 is 0 Å². The summed E-state index contributed by atoms with van der Waals surface area (Å²) in [5.74, 6) is 0.879. The molecule has 22 heavy (non-hydrogen) atoms. The monoisotopic (exact) mass is 295 g/mol. The van der Waals surface area contributed by atoms with E-state index in [1.54, 1.807) is 13.2 Å². The molecule has 1 spiro atoms. The Hall–Kier alpha value is -2.10. The number of hydrogen-bond donors (Lipinski definition) is 0. The number of methoxy groups -OCH3 is 1. The van der Waals surface area contributed by atoms with Crippen LogP contribution in [0.4, 0.5) is 5.69 Å². The first kappa shape index (κ1) is 12.4. The minimum atomic E-state index is -0.142. The smallest absolute Gasteiger partial charge is 0.238 e. The lowest BCUT2D eigenvalue weighted by Gasteiger charge is -2.22. The molecule has 2 amide bonds. The van der Waals surface area contributed by atoms with E-state index in [4.69, 9.17) is 4.74 Å². The maximum Gasteiger partial charge on any atom is 0.238 e. The van der Waals surface area contributed by atoms with Crippen molar-refractivity contribution < 1.29 is 14.3 Å². The Balaban J connectivity index is 1.56. The van der Waals surface area contributed by atoms with Crippen LogP contribution in [0.1, 0.15) is 12.8 Å². The van der Waals surface area contributed by atoms with Gasteiger partial charge in [-0.05, 0) is 42.2 Å². The molecule has 2 bridgehead atoms. The molecule has 4 heteroatoms. The van der Waals surface area contributed by atoms with E-state index in [9.17, 15) is 9.59 Å². The van der Waals surface area contributed by atoms with E-state index in [1.165, 1.54) is 17.7 Å². The molecule has 1 aliphatic heterocycles. The van der Waals surface area contributed by atoms with Gasteiger partial charge in [-0.3, -0.25) is 9.59 Å². The van der Waals surface area contributed by atoms with Gasteiger partial charge in [0.1, 0.15) is 5.75 Å². The average Bonchev–Trinajstić information content (AvgIpc) is 3.13. The predicted octanol–water partition coefficient (Wildman–Crippen LogP) is 2.40. The quantitative estimate of drug-likeness (QED) is 0.622. The van der Waals surface area contributed by atoms with E-state index in [0.29, 0.717) is 11.4 Å².